The third kappa shape index (κ3) is 2.60. The number of amides is 1. The van der Waals surface area contributed by atoms with E-state index in [0.717, 1.165) is 14.9 Å². The average molecular weight is 239 g/mol. The van der Waals surface area contributed by atoms with Gasteiger partial charge in [0.05, 0.1) is 11.4 Å². The zero-order valence-electron chi connectivity index (χ0n) is 8.06. The van der Waals surface area contributed by atoms with Crippen LogP contribution >= 0.6 is 22.7 Å². The fraction of sp³-hybridized carbons (Fsp3) is 0.222. The normalized spacial score (nSPS) is 10.2. The molecule has 0 radical (unpaired) electrons. The number of nitrogens with one attached hydrogen (secondary N) is 1. The fourth-order valence-electron chi connectivity index (χ4n) is 1.06. The third-order valence-corrected chi connectivity index (χ3v) is 3.42. The summed E-state index contributed by atoms with van der Waals surface area (Å²) >= 11 is 2.92. The maximum absolute atomic E-state index is 11.5. The molecular weight excluding hydrogens is 230 g/mol. The van der Waals surface area contributed by atoms with E-state index < -0.39 is 0 Å². The van der Waals surface area contributed by atoms with Gasteiger partial charge >= 0.3 is 0 Å². The molecule has 1 amide bonds. The highest BCUT2D eigenvalue weighted by molar-refractivity contribution is 7.12. The van der Waals surface area contributed by atoms with E-state index in [0.29, 0.717) is 6.54 Å². The molecule has 2 rings (SSSR count). The molecule has 0 aromatic carbocycles. The summed E-state index contributed by atoms with van der Waals surface area (Å²) in [5.74, 6) is -0.0575. The van der Waals surface area contributed by atoms with Crippen molar-refractivity contribution in [2.24, 2.45) is 0 Å². The number of aryl methyl sites for hydroxylation is 1. The number of rotatable bonds is 3. The van der Waals surface area contributed by atoms with E-state index in [9.17, 15) is 4.79 Å². The number of carbonyl (C=O) groups excluding carboxylic acids is 1. The Kier molecular flexibility index (Phi) is 3.08. The van der Waals surface area contributed by atoms with E-state index in [1.165, 1.54) is 22.7 Å². The molecule has 4 nitrogen and oxygen atoms in total. The molecule has 0 aliphatic heterocycles. The van der Waals surface area contributed by atoms with Crippen molar-refractivity contribution in [3.8, 4) is 0 Å². The first-order chi connectivity index (χ1) is 7.25. The summed E-state index contributed by atoms with van der Waals surface area (Å²) in [5, 5.41) is 14.2. The van der Waals surface area contributed by atoms with Crippen LogP contribution in [0.15, 0.2) is 17.5 Å². The summed E-state index contributed by atoms with van der Waals surface area (Å²) in [6.07, 6.45) is 0. The van der Waals surface area contributed by atoms with Crippen molar-refractivity contribution >= 4 is 28.6 Å². The molecule has 0 bridgehead atoms. The lowest BCUT2D eigenvalue weighted by Gasteiger charge is -1.98. The number of carbonyl (C=O) groups is 1. The van der Waals surface area contributed by atoms with Gasteiger partial charge < -0.3 is 5.32 Å². The number of hydrogen-bond donors (Lipinski definition) is 1. The van der Waals surface area contributed by atoms with E-state index in [-0.39, 0.29) is 5.91 Å². The molecule has 0 saturated heterocycles. The monoisotopic (exact) mass is 239 g/mol. The Morgan fingerprint density at radius 3 is 3.00 bits per heavy atom. The first-order valence-electron chi connectivity index (χ1n) is 4.36. The summed E-state index contributed by atoms with van der Waals surface area (Å²) < 4.78 is 0. The van der Waals surface area contributed by atoms with Crippen LogP contribution in [0.3, 0.4) is 0 Å². The molecule has 2 heterocycles. The Bertz CT molecular complexity index is 450. The van der Waals surface area contributed by atoms with Gasteiger partial charge in [-0.3, -0.25) is 4.79 Å². The Balaban J connectivity index is 1.91. The van der Waals surface area contributed by atoms with Crippen LogP contribution in [0.2, 0.25) is 0 Å². The predicted molar refractivity (Wildman–Crippen MR) is 60.1 cm³/mol. The quantitative estimate of drug-likeness (QED) is 0.889. The van der Waals surface area contributed by atoms with Gasteiger partial charge in [0, 0.05) is 0 Å². The van der Waals surface area contributed by atoms with Crippen LogP contribution < -0.4 is 5.32 Å². The second kappa shape index (κ2) is 4.50. The molecule has 0 spiro atoms. The van der Waals surface area contributed by atoms with Crippen LogP contribution in [0, 0.1) is 6.92 Å². The van der Waals surface area contributed by atoms with Crippen molar-refractivity contribution in [1.29, 1.82) is 0 Å². The van der Waals surface area contributed by atoms with E-state index in [1.54, 1.807) is 6.07 Å². The maximum atomic E-state index is 11.5. The molecule has 0 atom stereocenters. The van der Waals surface area contributed by atoms with Gasteiger partial charge in [0.1, 0.15) is 10.0 Å². The van der Waals surface area contributed by atoms with E-state index in [4.69, 9.17) is 0 Å². The molecule has 0 aliphatic carbocycles. The second-order valence-corrected chi connectivity index (χ2v) is 5.09. The number of nitrogens with zero attached hydrogens (tertiary/aromatic N) is 2. The summed E-state index contributed by atoms with van der Waals surface area (Å²) in [5.41, 5.74) is 0. The number of hydrogen-bond acceptors (Lipinski definition) is 5. The first kappa shape index (κ1) is 10.3. The molecule has 78 valence electrons. The molecule has 0 aliphatic rings. The molecule has 0 unspecified atom stereocenters. The molecular formula is C9H9N3OS2. The molecule has 0 saturated carbocycles. The molecule has 2 aromatic rings. The Hall–Kier alpha value is -1.27. The minimum Gasteiger partial charge on any atom is -0.345 e. The lowest BCUT2D eigenvalue weighted by atomic mass is 10.4. The highest BCUT2D eigenvalue weighted by atomic mass is 32.1. The Morgan fingerprint density at radius 1 is 1.53 bits per heavy atom. The average Bonchev–Trinajstić information content (AvgIpc) is 2.84. The Labute approximate surface area is 95.0 Å². The fourth-order valence-corrected chi connectivity index (χ4v) is 2.35. The standard InChI is InChI=1S/C9H9N3OS2/c1-6-11-12-8(15-6)5-10-9(13)7-3-2-4-14-7/h2-4H,5H2,1H3,(H,10,13). The summed E-state index contributed by atoms with van der Waals surface area (Å²) in [6, 6.07) is 3.65. The van der Waals surface area contributed by atoms with Crippen LogP contribution in [0.1, 0.15) is 19.7 Å². The van der Waals surface area contributed by atoms with E-state index in [2.05, 4.69) is 15.5 Å². The number of thiophene rings is 1. The summed E-state index contributed by atoms with van der Waals surface area (Å²) in [4.78, 5) is 12.3. The third-order valence-electron chi connectivity index (χ3n) is 1.71. The van der Waals surface area contributed by atoms with E-state index >= 15 is 0 Å². The second-order valence-electron chi connectivity index (χ2n) is 2.87. The van der Waals surface area contributed by atoms with Crippen molar-refractivity contribution in [3.05, 3.63) is 32.4 Å². The zero-order valence-corrected chi connectivity index (χ0v) is 9.69. The number of aromatic nitrogens is 2. The Morgan fingerprint density at radius 2 is 2.40 bits per heavy atom. The predicted octanol–water partition coefficient (Wildman–Crippen LogP) is 1.84. The van der Waals surface area contributed by atoms with Gasteiger partial charge in [-0.05, 0) is 18.4 Å². The van der Waals surface area contributed by atoms with Crippen molar-refractivity contribution in [3.63, 3.8) is 0 Å². The SMILES string of the molecule is Cc1nnc(CNC(=O)c2cccs2)s1. The van der Waals surface area contributed by atoms with Crippen molar-refractivity contribution in [2.45, 2.75) is 13.5 Å². The summed E-state index contributed by atoms with van der Waals surface area (Å²) in [7, 11) is 0. The van der Waals surface area contributed by atoms with Gasteiger partial charge in [0.15, 0.2) is 0 Å². The van der Waals surface area contributed by atoms with Gasteiger partial charge in [-0.2, -0.15) is 0 Å². The van der Waals surface area contributed by atoms with Crippen molar-refractivity contribution in [1.82, 2.24) is 15.5 Å². The lowest BCUT2D eigenvalue weighted by Crippen LogP contribution is -2.21. The van der Waals surface area contributed by atoms with E-state index in [1.807, 2.05) is 18.4 Å². The highest BCUT2D eigenvalue weighted by Gasteiger charge is 2.07. The largest absolute Gasteiger partial charge is 0.345 e. The minimum atomic E-state index is -0.0575. The van der Waals surface area contributed by atoms with Crippen molar-refractivity contribution < 1.29 is 4.79 Å². The van der Waals surface area contributed by atoms with Gasteiger partial charge in [-0.15, -0.1) is 21.5 Å². The molecule has 6 heteroatoms. The topological polar surface area (TPSA) is 54.9 Å². The van der Waals surface area contributed by atoms with Crippen LogP contribution in [-0.4, -0.2) is 16.1 Å². The first-order valence-corrected chi connectivity index (χ1v) is 6.06. The molecule has 15 heavy (non-hydrogen) atoms. The summed E-state index contributed by atoms with van der Waals surface area (Å²) in [6.45, 7) is 2.34. The zero-order chi connectivity index (χ0) is 10.7. The lowest BCUT2D eigenvalue weighted by molar-refractivity contribution is 0.0955. The smallest absolute Gasteiger partial charge is 0.261 e. The molecule has 0 fully saturated rings. The molecule has 1 N–H and O–H groups in total. The van der Waals surface area contributed by atoms with Crippen LogP contribution in [-0.2, 0) is 6.54 Å². The van der Waals surface area contributed by atoms with Gasteiger partial charge in [0.2, 0.25) is 0 Å². The van der Waals surface area contributed by atoms with Gasteiger partial charge in [-0.25, -0.2) is 0 Å². The van der Waals surface area contributed by atoms with Crippen LogP contribution in [0.25, 0.3) is 0 Å². The minimum absolute atomic E-state index is 0.0575. The van der Waals surface area contributed by atoms with Gasteiger partial charge in [-0.1, -0.05) is 17.4 Å². The highest BCUT2D eigenvalue weighted by Crippen LogP contribution is 2.10. The molecule has 2 aromatic heterocycles. The van der Waals surface area contributed by atoms with Crippen LogP contribution in [0.4, 0.5) is 0 Å². The van der Waals surface area contributed by atoms with Gasteiger partial charge in [0.25, 0.3) is 5.91 Å². The van der Waals surface area contributed by atoms with Crippen molar-refractivity contribution in [2.75, 3.05) is 0 Å². The van der Waals surface area contributed by atoms with Crippen LogP contribution in [0.5, 0.6) is 0 Å². The maximum Gasteiger partial charge on any atom is 0.261 e.